The van der Waals surface area contributed by atoms with E-state index in [1.807, 2.05) is 7.11 Å². The highest BCUT2D eigenvalue weighted by Crippen LogP contribution is 2.41. The molecule has 2 rings (SSSR count). The fourth-order valence-corrected chi connectivity index (χ4v) is 4.60. The zero-order valence-corrected chi connectivity index (χ0v) is 13.9. The zero-order chi connectivity index (χ0) is 14.2. The van der Waals surface area contributed by atoms with Gasteiger partial charge in [0.05, 0.1) is 6.10 Å². The van der Waals surface area contributed by atoms with Gasteiger partial charge in [-0.15, -0.1) is 0 Å². The molecule has 2 aliphatic carbocycles. The molecule has 2 aliphatic rings. The van der Waals surface area contributed by atoms with Gasteiger partial charge < -0.3 is 4.74 Å². The van der Waals surface area contributed by atoms with Crippen LogP contribution in [0.4, 0.5) is 0 Å². The first-order valence-electron chi connectivity index (χ1n) is 9.36. The van der Waals surface area contributed by atoms with Crippen LogP contribution in [-0.4, -0.2) is 13.2 Å². The van der Waals surface area contributed by atoms with Crippen molar-refractivity contribution in [3.05, 3.63) is 0 Å². The van der Waals surface area contributed by atoms with Gasteiger partial charge in [0, 0.05) is 7.11 Å². The maximum Gasteiger partial charge on any atom is 0.0571 e. The highest BCUT2D eigenvalue weighted by Gasteiger charge is 2.30. The summed E-state index contributed by atoms with van der Waals surface area (Å²) in [6, 6.07) is 0. The summed E-state index contributed by atoms with van der Waals surface area (Å²) in [6.45, 7) is 2.31. The number of hydrogen-bond acceptors (Lipinski definition) is 1. The van der Waals surface area contributed by atoms with Crippen molar-refractivity contribution in [1.29, 1.82) is 0 Å². The maximum atomic E-state index is 5.51. The van der Waals surface area contributed by atoms with E-state index in [9.17, 15) is 0 Å². The Morgan fingerprint density at radius 2 is 1.35 bits per heavy atom. The van der Waals surface area contributed by atoms with Crippen LogP contribution in [0.15, 0.2) is 0 Å². The van der Waals surface area contributed by atoms with Crippen LogP contribution in [0.3, 0.4) is 0 Å². The van der Waals surface area contributed by atoms with Gasteiger partial charge in [-0.1, -0.05) is 51.9 Å². The van der Waals surface area contributed by atoms with E-state index in [2.05, 4.69) is 6.92 Å². The van der Waals surface area contributed by atoms with Gasteiger partial charge in [0.15, 0.2) is 0 Å². The molecule has 118 valence electrons. The average molecular weight is 280 g/mol. The lowest BCUT2D eigenvalue weighted by Crippen LogP contribution is -2.28. The minimum absolute atomic E-state index is 0.571. The fourth-order valence-electron chi connectivity index (χ4n) is 4.60. The van der Waals surface area contributed by atoms with Gasteiger partial charge in [-0.25, -0.2) is 0 Å². The number of ether oxygens (including phenoxy) is 1. The second kappa shape index (κ2) is 9.07. The summed E-state index contributed by atoms with van der Waals surface area (Å²) in [7, 11) is 1.88. The molecule has 2 saturated carbocycles. The van der Waals surface area contributed by atoms with E-state index in [1.165, 1.54) is 83.5 Å². The van der Waals surface area contributed by atoms with Crippen molar-refractivity contribution in [2.45, 2.75) is 96.5 Å². The lowest BCUT2D eigenvalue weighted by atomic mass is 9.70. The molecule has 0 atom stereocenters. The van der Waals surface area contributed by atoms with E-state index < -0.39 is 0 Å². The quantitative estimate of drug-likeness (QED) is 0.522. The molecule has 0 aromatic carbocycles. The Balaban J connectivity index is 1.59. The minimum Gasteiger partial charge on any atom is -0.381 e. The molecule has 0 amide bonds. The van der Waals surface area contributed by atoms with Crippen molar-refractivity contribution < 1.29 is 4.74 Å². The molecule has 0 saturated heterocycles. The zero-order valence-electron chi connectivity index (χ0n) is 13.9. The van der Waals surface area contributed by atoms with Crippen LogP contribution in [0.1, 0.15) is 90.4 Å². The molecule has 0 heterocycles. The Bertz CT molecular complexity index is 234. The van der Waals surface area contributed by atoms with Crippen LogP contribution in [0, 0.1) is 17.8 Å². The summed E-state index contributed by atoms with van der Waals surface area (Å²) < 4.78 is 5.51. The van der Waals surface area contributed by atoms with Crippen LogP contribution < -0.4 is 0 Å². The monoisotopic (exact) mass is 280 g/mol. The smallest absolute Gasteiger partial charge is 0.0571 e. The van der Waals surface area contributed by atoms with E-state index in [-0.39, 0.29) is 0 Å². The summed E-state index contributed by atoms with van der Waals surface area (Å²) in [6.07, 6.45) is 19.5. The van der Waals surface area contributed by atoms with Crippen LogP contribution in [0.25, 0.3) is 0 Å². The van der Waals surface area contributed by atoms with E-state index in [0.29, 0.717) is 6.10 Å². The first-order valence-corrected chi connectivity index (χ1v) is 9.36. The number of unbranched alkanes of at least 4 members (excludes halogenated alkanes) is 3. The molecular formula is C19H36O. The van der Waals surface area contributed by atoms with E-state index in [4.69, 9.17) is 4.74 Å². The topological polar surface area (TPSA) is 9.23 Å². The highest BCUT2D eigenvalue weighted by molar-refractivity contribution is 4.82. The average Bonchev–Trinajstić information content (AvgIpc) is 2.52. The van der Waals surface area contributed by atoms with Crippen molar-refractivity contribution in [1.82, 2.24) is 0 Å². The summed E-state index contributed by atoms with van der Waals surface area (Å²) in [4.78, 5) is 0. The molecule has 0 N–H and O–H groups in total. The maximum absolute atomic E-state index is 5.51. The van der Waals surface area contributed by atoms with Crippen molar-refractivity contribution in [2.24, 2.45) is 17.8 Å². The van der Waals surface area contributed by atoms with Crippen molar-refractivity contribution in [3.8, 4) is 0 Å². The highest BCUT2D eigenvalue weighted by atomic mass is 16.5. The standard InChI is InChI=1S/C19H36O/c1-3-4-5-6-7-16-8-10-17(11-9-16)18-12-14-19(20-2)15-13-18/h16-19H,3-15H2,1-2H3. The molecule has 1 nitrogen and oxygen atoms in total. The van der Waals surface area contributed by atoms with Gasteiger partial charge in [0.2, 0.25) is 0 Å². The molecule has 1 heteroatoms. The summed E-state index contributed by atoms with van der Waals surface area (Å²) >= 11 is 0. The molecule has 0 aromatic heterocycles. The minimum atomic E-state index is 0.571. The van der Waals surface area contributed by atoms with Gasteiger partial charge in [0.25, 0.3) is 0 Å². The third-order valence-electron chi connectivity index (χ3n) is 6.08. The second-order valence-corrected chi connectivity index (χ2v) is 7.40. The molecule has 0 aromatic rings. The SMILES string of the molecule is CCCCCCC1CCC(C2CCC(OC)CC2)CC1. The molecule has 2 fully saturated rings. The Hall–Kier alpha value is -0.0400. The van der Waals surface area contributed by atoms with Gasteiger partial charge >= 0.3 is 0 Å². The molecular weight excluding hydrogens is 244 g/mol. The molecule has 0 spiro atoms. The van der Waals surface area contributed by atoms with Crippen molar-refractivity contribution in [2.75, 3.05) is 7.11 Å². The van der Waals surface area contributed by atoms with Gasteiger partial charge in [-0.2, -0.15) is 0 Å². The third-order valence-corrected chi connectivity index (χ3v) is 6.08. The van der Waals surface area contributed by atoms with E-state index in [0.717, 1.165) is 17.8 Å². The van der Waals surface area contributed by atoms with Crippen LogP contribution in [-0.2, 0) is 4.74 Å². The molecule has 0 aliphatic heterocycles. The molecule has 0 unspecified atom stereocenters. The number of rotatable bonds is 7. The van der Waals surface area contributed by atoms with Gasteiger partial charge in [-0.3, -0.25) is 0 Å². The van der Waals surface area contributed by atoms with E-state index >= 15 is 0 Å². The third kappa shape index (κ3) is 5.06. The van der Waals surface area contributed by atoms with Crippen molar-refractivity contribution >= 4 is 0 Å². The van der Waals surface area contributed by atoms with Gasteiger partial charge in [0.1, 0.15) is 0 Å². The summed E-state index contributed by atoms with van der Waals surface area (Å²) in [5, 5.41) is 0. The summed E-state index contributed by atoms with van der Waals surface area (Å²) in [5.41, 5.74) is 0. The Labute approximate surface area is 126 Å². The van der Waals surface area contributed by atoms with E-state index in [1.54, 1.807) is 0 Å². The molecule has 20 heavy (non-hydrogen) atoms. The largest absolute Gasteiger partial charge is 0.381 e. The van der Waals surface area contributed by atoms with Crippen LogP contribution >= 0.6 is 0 Å². The number of methoxy groups -OCH3 is 1. The molecule has 0 radical (unpaired) electrons. The van der Waals surface area contributed by atoms with Crippen molar-refractivity contribution in [3.63, 3.8) is 0 Å². The van der Waals surface area contributed by atoms with Crippen LogP contribution in [0.5, 0.6) is 0 Å². The number of hydrogen-bond donors (Lipinski definition) is 0. The first kappa shape index (κ1) is 16.3. The van der Waals surface area contributed by atoms with Crippen LogP contribution in [0.2, 0.25) is 0 Å². The normalized spacial score (nSPS) is 35.1. The Morgan fingerprint density at radius 1 is 0.750 bits per heavy atom. The summed E-state index contributed by atoms with van der Waals surface area (Å²) in [5.74, 6) is 3.15. The Morgan fingerprint density at radius 3 is 1.90 bits per heavy atom. The predicted molar refractivity (Wildman–Crippen MR) is 87.0 cm³/mol. The Kier molecular flexibility index (Phi) is 7.41. The first-order chi connectivity index (χ1) is 9.83. The molecule has 0 bridgehead atoms. The predicted octanol–water partition coefficient (Wildman–Crippen LogP) is 5.97. The lowest BCUT2D eigenvalue weighted by molar-refractivity contribution is 0.0391. The lowest BCUT2D eigenvalue weighted by Gasteiger charge is -2.37. The fraction of sp³-hybridized carbons (Fsp3) is 1.00. The van der Waals surface area contributed by atoms with Gasteiger partial charge in [-0.05, 0) is 56.3 Å². The second-order valence-electron chi connectivity index (χ2n) is 7.40.